The molecule has 3 rings (SSSR count). The van der Waals surface area contributed by atoms with Crippen LogP contribution >= 0.6 is 0 Å². The molecular formula is C19H22N4O3. The lowest BCUT2D eigenvalue weighted by Gasteiger charge is -2.28. The molecule has 7 heteroatoms. The van der Waals surface area contributed by atoms with Gasteiger partial charge in [-0.25, -0.2) is 4.79 Å². The number of methoxy groups -OCH3 is 1. The Morgan fingerprint density at radius 2 is 1.96 bits per heavy atom. The van der Waals surface area contributed by atoms with Gasteiger partial charge in [0.1, 0.15) is 6.33 Å². The predicted octanol–water partition coefficient (Wildman–Crippen LogP) is 2.59. The van der Waals surface area contributed by atoms with Crippen molar-refractivity contribution in [3.05, 3.63) is 46.6 Å². The molecule has 2 aromatic rings. The maximum Gasteiger partial charge on any atom is 0.350 e. The summed E-state index contributed by atoms with van der Waals surface area (Å²) in [7, 11) is 1.41. The van der Waals surface area contributed by atoms with Crippen LogP contribution < -0.4 is 5.69 Å². The van der Waals surface area contributed by atoms with Gasteiger partial charge in [0, 0.05) is 12.5 Å². The van der Waals surface area contributed by atoms with Gasteiger partial charge in [-0.15, -0.1) is 0 Å². The summed E-state index contributed by atoms with van der Waals surface area (Å²) in [5.74, 6) is 0.349. The molecule has 136 valence electrons. The van der Waals surface area contributed by atoms with Crippen molar-refractivity contribution in [2.24, 2.45) is 5.92 Å². The number of benzene rings is 1. The quantitative estimate of drug-likeness (QED) is 0.770. The lowest BCUT2D eigenvalue weighted by atomic mass is 9.83. The molecular weight excluding hydrogens is 332 g/mol. The number of carbonyl (C=O) groups excluding carboxylic acids is 1. The van der Waals surface area contributed by atoms with E-state index in [1.165, 1.54) is 11.8 Å². The number of esters is 1. The van der Waals surface area contributed by atoms with Crippen molar-refractivity contribution in [2.45, 2.75) is 44.6 Å². The van der Waals surface area contributed by atoms with Gasteiger partial charge in [-0.1, -0.05) is 0 Å². The van der Waals surface area contributed by atoms with Crippen LogP contribution in [-0.4, -0.2) is 27.4 Å². The van der Waals surface area contributed by atoms with Gasteiger partial charge >= 0.3 is 11.7 Å². The van der Waals surface area contributed by atoms with Crippen LogP contribution in [-0.2, 0) is 9.53 Å². The SMILES string of the molecule is COC(=O)CCC1CCC(n2cnn(-c3ccc(C#N)cc3)c2=O)CC1. The second-order valence-corrected chi connectivity index (χ2v) is 6.68. The smallest absolute Gasteiger partial charge is 0.350 e. The van der Waals surface area contributed by atoms with Crippen molar-refractivity contribution in [1.82, 2.24) is 14.3 Å². The number of ether oxygens (including phenoxy) is 1. The van der Waals surface area contributed by atoms with Crippen LogP contribution in [0.4, 0.5) is 0 Å². The fourth-order valence-electron chi connectivity index (χ4n) is 3.56. The third kappa shape index (κ3) is 3.85. The van der Waals surface area contributed by atoms with E-state index in [1.807, 2.05) is 0 Å². The number of nitriles is 1. The predicted molar refractivity (Wildman–Crippen MR) is 94.8 cm³/mol. The number of hydrogen-bond acceptors (Lipinski definition) is 5. The van der Waals surface area contributed by atoms with Crippen LogP contribution in [0.15, 0.2) is 35.4 Å². The molecule has 1 heterocycles. The maximum atomic E-state index is 12.7. The molecule has 0 spiro atoms. The highest BCUT2D eigenvalue weighted by molar-refractivity contribution is 5.69. The first-order chi connectivity index (χ1) is 12.6. The Bertz CT molecular complexity index is 852. The van der Waals surface area contributed by atoms with Crippen molar-refractivity contribution in [1.29, 1.82) is 5.26 Å². The molecule has 26 heavy (non-hydrogen) atoms. The number of rotatable bonds is 5. The fourth-order valence-corrected chi connectivity index (χ4v) is 3.56. The summed E-state index contributed by atoms with van der Waals surface area (Å²) in [6.07, 6.45) is 6.71. The summed E-state index contributed by atoms with van der Waals surface area (Å²) in [5.41, 5.74) is 1.04. The lowest BCUT2D eigenvalue weighted by Crippen LogP contribution is -2.29. The van der Waals surface area contributed by atoms with Crippen molar-refractivity contribution in [3.8, 4) is 11.8 Å². The summed E-state index contributed by atoms with van der Waals surface area (Å²) < 4.78 is 7.76. The molecule has 0 saturated heterocycles. The highest BCUT2D eigenvalue weighted by Gasteiger charge is 2.25. The van der Waals surface area contributed by atoms with Gasteiger partial charge in [0.05, 0.1) is 24.4 Å². The molecule has 1 fully saturated rings. The first-order valence-corrected chi connectivity index (χ1v) is 8.86. The summed E-state index contributed by atoms with van der Waals surface area (Å²) in [6, 6.07) is 9.00. The zero-order valence-corrected chi connectivity index (χ0v) is 14.8. The third-order valence-electron chi connectivity index (χ3n) is 5.13. The Labute approximate surface area is 151 Å². The molecule has 0 unspecified atom stereocenters. The highest BCUT2D eigenvalue weighted by Crippen LogP contribution is 2.33. The van der Waals surface area contributed by atoms with Crippen LogP contribution in [0.1, 0.15) is 50.1 Å². The minimum atomic E-state index is -0.160. The van der Waals surface area contributed by atoms with Crippen LogP contribution in [0, 0.1) is 17.2 Å². The Balaban J connectivity index is 1.65. The van der Waals surface area contributed by atoms with E-state index >= 15 is 0 Å². The minimum Gasteiger partial charge on any atom is -0.469 e. The summed E-state index contributed by atoms with van der Waals surface area (Å²) >= 11 is 0. The largest absolute Gasteiger partial charge is 0.469 e. The Morgan fingerprint density at radius 1 is 1.27 bits per heavy atom. The number of aromatic nitrogens is 3. The van der Waals surface area contributed by atoms with Gasteiger partial charge in [0.25, 0.3) is 0 Å². The van der Waals surface area contributed by atoms with Gasteiger partial charge in [-0.3, -0.25) is 9.36 Å². The topological polar surface area (TPSA) is 89.9 Å². The van der Waals surface area contributed by atoms with E-state index in [2.05, 4.69) is 11.2 Å². The monoisotopic (exact) mass is 354 g/mol. The van der Waals surface area contributed by atoms with Crippen molar-refractivity contribution in [3.63, 3.8) is 0 Å². The second-order valence-electron chi connectivity index (χ2n) is 6.68. The summed E-state index contributed by atoms with van der Waals surface area (Å²) in [5, 5.41) is 13.1. The standard InChI is InChI=1S/C19H22N4O3/c1-26-18(24)11-6-14-2-7-16(8-3-14)22-13-21-23(19(22)25)17-9-4-15(12-20)5-10-17/h4-5,9-10,13-14,16H,2-3,6-8,11H2,1H3. The van der Waals surface area contributed by atoms with E-state index in [-0.39, 0.29) is 17.7 Å². The van der Waals surface area contributed by atoms with Gasteiger partial charge in [0.15, 0.2) is 0 Å². The van der Waals surface area contributed by atoms with Crippen LogP contribution in [0.2, 0.25) is 0 Å². The number of carbonyl (C=O) groups is 1. The lowest BCUT2D eigenvalue weighted by molar-refractivity contribution is -0.141. The Kier molecular flexibility index (Phi) is 5.52. The van der Waals surface area contributed by atoms with E-state index < -0.39 is 0 Å². The van der Waals surface area contributed by atoms with Gasteiger partial charge in [-0.2, -0.15) is 15.0 Å². The molecule has 1 aliphatic carbocycles. The van der Waals surface area contributed by atoms with Crippen molar-refractivity contribution >= 4 is 5.97 Å². The first kappa shape index (κ1) is 17.9. The average Bonchev–Trinajstić information content (AvgIpc) is 3.08. The van der Waals surface area contributed by atoms with Crippen LogP contribution in [0.25, 0.3) is 5.69 Å². The van der Waals surface area contributed by atoms with Crippen molar-refractivity contribution in [2.75, 3.05) is 7.11 Å². The first-order valence-electron chi connectivity index (χ1n) is 8.86. The molecule has 0 radical (unpaired) electrons. The summed E-state index contributed by atoms with van der Waals surface area (Å²) in [6.45, 7) is 0. The average molecular weight is 354 g/mol. The normalized spacial score (nSPS) is 19.7. The molecule has 7 nitrogen and oxygen atoms in total. The summed E-state index contributed by atoms with van der Waals surface area (Å²) in [4.78, 5) is 24.0. The van der Waals surface area contributed by atoms with Crippen LogP contribution in [0.3, 0.4) is 0 Å². The Hall–Kier alpha value is -2.88. The number of hydrogen-bond donors (Lipinski definition) is 0. The molecule has 1 aliphatic rings. The molecule has 0 bridgehead atoms. The van der Waals surface area contributed by atoms with E-state index in [1.54, 1.807) is 35.2 Å². The second kappa shape index (κ2) is 8.00. The highest BCUT2D eigenvalue weighted by atomic mass is 16.5. The maximum absolute atomic E-state index is 12.7. The van der Waals surface area contributed by atoms with E-state index in [0.29, 0.717) is 23.6 Å². The molecule has 0 N–H and O–H groups in total. The molecule has 0 aliphatic heterocycles. The minimum absolute atomic E-state index is 0.143. The van der Waals surface area contributed by atoms with Gasteiger partial charge < -0.3 is 4.74 Å². The fraction of sp³-hybridized carbons (Fsp3) is 0.474. The van der Waals surface area contributed by atoms with Crippen molar-refractivity contribution < 1.29 is 9.53 Å². The van der Waals surface area contributed by atoms with Crippen LogP contribution in [0.5, 0.6) is 0 Å². The Morgan fingerprint density at radius 3 is 2.58 bits per heavy atom. The number of nitrogens with zero attached hydrogens (tertiary/aromatic N) is 4. The molecule has 1 aromatic carbocycles. The molecule has 1 saturated carbocycles. The zero-order valence-electron chi connectivity index (χ0n) is 14.8. The van der Waals surface area contributed by atoms with E-state index in [9.17, 15) is 9.59 Å². The molecule has 0 amide bonds. The van der Waals surface area contributed by atoms with Gasteiger partial charge in [-0.05, 0) is 62.3 Å². The zero-order chi connectivity index (χ0) is 18.5. The molecule has 0 atom stereocenters. The van der Waals surface area contributed by atoms with Gasteiger partial charge in [0.2, 0.25) is 0 Å². The van der Waals surface area contributed by atoms with E-state index in [0.717, 1.165) is 32.1 Å². The van der Waals surface area contributed by atoms with E-state index in [4.69, 9.17) is 10.00 Å². The third-order valence-corrected chi connectivity index (χ3v) is 5.13. The molecule has 1 aromatic heterocycles.